The Kier molecular flexibility index (Phi) is 8.23. The highest BCUT2D eigenvalue weighted by atomic mass is 16.5. The Balaban J connectivity index is 1.37. The molecule has 1 aliphatic carbocycles. The minimum Gasteiger partial charge on any atom is -0.457 e. The van der Waals surface area contributed by atoms with Gasteiger partial charge in [-0.05, 0) is 73.9 Å². The van der Waals surface area contributed by atoms with Gasteiger partial charge in [-0.2, -0.15) is 0 Å². The van der Waals surface area contributed by atoms with Crippen molar-refractivity contribution >= 4 is 17.9 Å². The molecule has 1 fully saturated rings. The van der Waals surface area contributed by atoms with Crippen LogP contribution < -0.4 is 16.2 Å². The lowest BCUT2D eigenvalue weighted by Gasteiger charge is -2.37. The van der Waals surface area contributed by atoms with E-state index in [-0.39, 0.29) is 37.0 Å². The number of para-hydroxylation sites is 1. The third-order valence-corrected chi connectivity index (χ3v) is 7.00. The molecule has 0 amide bonds. The molecule has 0 radical (unpaired) electrons. The minimum atomic E-state index is -0.782. The van der Waals surface area contributed by atoms with E-state index >= 15 is 0 Å². The third-order valence-electron chi connectivity index (χ3n) is 7.00. The number of rotatable bonds is 8. The molecule has 0 spiro atoms. The molecule has 0 atom stereocenters. The quantitative estimate of drug-likeness (QED) is 0.198. The molecule has 3 aromatic rings. The van der Waals surface area contributed by atoms with Gasteiger partial charge in [-0.15, -0.1) is 0 Å². The monoisotopic (exact) mass is 499 g/mol. The van der Waals surface area contributed by atoms with Crippen molar-refractivity contribution in [3.8, 4) is 5.75 Å². The Morgan fingerprint density at radius 2 is 1.57 bits per heavy atom. The Morgan fingerprint density at radius 1 is 0.919 bits per heavy atom. The average molecular weight is 500 g/mol. The van der Waals surface area contributed by atoms with Crippen LogP contribution >= 0.6 is 0 Å². The highest BCUT2D eigenvalue weighted by Crippen LogP contribution is 2.44. The van der Waals surface area contributed by atoms with Gasteiger partial charge in [0.05, 0.1) is 17.5 Å². The van der Waals surface area contributed by atoms with Gasteiger partial charge in [0.2, 0.25) is 0 Å². The summed E-state index contributed by atoms with van der Waals surface area (Å²) >= 11 is 0. The summed E-state index contributed by atoms with van der Waals surface area (Å²) in [6, 6.07) is 24.5. The third kappa shape index (κ3) is 6.76. The first-order valence-electron chi connectivity index (χ1n) is 12.5. The maximum absolute atomic E-state index is 13.2. The molecule has 0 saturated heterocycles. The minimum absolute atomic E-state index is 0.0427. The topological polar surface area (TPSA) is 117 Å². The van der Waals surface area contributed by atoms with Crippen molar-refractivity contribution in [1.29, 1.82) is 0 Å². The van der Waals surface area contributed by atoms with Gasteiger partial charge in [-0.1, -0.05) is 60.2 Å². The van der Waals surface area contributed by atoms with Gasteiger partial charge < -0.3 is 20.9 Å². The van der Waals surface area contributed by atoms with Crippen LogP contribution in [0, 0.1) is 12.3 Å². The molecule has 1 aliphatic rings. The lowest BCUT2D eigenvalue weighted by molar-refractivity contribution is -0.147. The summed E-state index contributed by atoms with van der Waals surface area (Å²) in [4.78, 5) is 29.9. The number of hydrogen-bond acceptors (Lipinski definition) is 5. The van der Waals surface area contributed by atoms with Gasteiger partial charge in [0, 0.05) is 0 Å². The zero-order valence-electron chi connectivity index (χ0n) is 21.1. The second-order valence-electron chi connectivity index (χ2n) is 9.68. The number of nitrogens with two attached hydrogens (primary N) is 2. The van der Waals surface area contributed by atoms with Crippen molar-refractivity contribution in [3.63, 3.8) is 0 Å². The van der Waals surface area contributed by atoms with Crippen LogP contribution in [0.4, 0.5) is 0 Å². The number of guanidine groups is 1. The van der Waals surface area contributed by atoms with E-state index in [0.717, 1.165) is 29.5 Å². The van der Waals surface area contributed by atoms with E-state index in [1.54, 1.807) is 24.3 Å². The van der Waals surface area contributed by atoms with Crippen molar-refractivity contribution in [2.75, 3.05) is 6.54 Å². The summed E-state index contributed by atoms with van der Waals surface area (Å²) in [5.41, 5.74) is 14.1. The van der Waals surface area contributed by atoms with E-state index in [1.165, 1.54) is 0 Å². The van der Waals surface area contributed by atoms with Crippen LogP contribution in [0.25, 0.3) is 0 Å². The smallest absolute Gasteiger partial charge is 0.338 e. The fourth-order valence-corrected chi connectivity index (χ4v) is 4.68. The molecule has 0 aromatic heterocycles. The Morgan fingerprint density at radius 3 is 2.19 bits per heavy atom. The molecule has 7 heteroatoms. The molecular weight excluding hydrogens is 466 g/mol. The molecule has 0 aliphatic heterocycles. The van der Waals surface area contributed by atoms with Crippen LogP contribution in [0.5, 0.6) is 5.75 Å². The predicted molar refractivity (Wildman–Crippen MR) is 143 cm³/mol. The summed E-state index contributed by atoms with van der Waals surface area (Å²) < 4.78 is 11.2. The molecule has 37 heavy (non-hydrogen) atoms. The summed E-state index contributed by atoms with van der Waals surface area (Å²) in [6.45, 7) is 2.45. The fourth-order valence-electron chi connectivity index (χ4n) is 4.68. The molecule has 1 saturated carbocycles. The fraction of sp³-hybridized carbons (Fsp3) is 0.300. The molecular formula is C30H33N3O4. The van der Waals surface area contributed by atoms with Crippen LogP contribution in [-0.4, -0.2) is 24.4 Å². The van der Waals surface area contributed by atoms with E-state index in [2.05, 4.69) is 4.99 Å². The van der Waals surface area contributed by atoms with Crippen LogP contribution in [0.2, 0.25) is 0 Å². The molecule has 4 N–H and O–H groups in total. The van der Waals surface area contributed by atoms with Crippen LogP contribution in [0.3, 0.4) is 0 Å². The Hall–Kier alpha value is -4.13. The maximum atomic E-state index is 13.2. The zero-order valence-corrected chi connectivity index (χ0v) is 21.1. The van der Waals surface area contributed by atoms with Crippen molar-refractivity contribution in [2.24, 2.45) is 21.9 Å². The van der Waals surface area contributed by atoms with Crippen LogP contribution in [-0.2, 0) is 16.1 Å². The average Bonchev–Trinajstić information content (AvgIpc) is 2.92. The number of ether oxygens (including phenoxy) is 2. The number of hydrogen-bond donors (Lipinski definition) is 2. The number of aliphatic imine (C=N–C) groups is 1. The molecule has 3 aromatic carbocycles. The van der Waals surface area contributed by atoms with E-state index in [9.17, 15) is 9.59 Å². The van der Waals surface area contributed by atoms with Crippen molar-refractivity contribution in [1.82, 2.24) is 0 Å². The van der Waals surface area contributed by atoms with Gasteiger partial charge in [0.15, 0.2) is 5.96 Å². The first-order valence-corrected chi connectivity index (χ1v) is 12.5. The van der Waals surface area contributed by atoms with E-state index in [4.69, 9.17) is 20.9 Å². The lowest BCUT2D eigenvalue weighted by atomic mass is 9.68. The SMILES string of the molecule is Cc1ccc(COC(=O)c2ccc(C3CCC(CN=C(N)N)(C(=O)Oc4ccccc4)CC3)cc2)cc1. The molecule has 192 valence electrons. The molecule has 0 heterocycles. The normalized spacial score (nSPS) is 19.0. The van der Waals surface area contributed by atoms with Gasteiger partial charge in [0.1, 0.15) is 12.4 Å². The van der Waals surface area contributed by atoms with E-state index in [1.807, 2.05) is 61.5 Å². The van der Waals surface area contributed by atoms with Crippen LogP contribution in [0.1, 0.15) is 58.6 Å². The number of esters is 2. The summed E-state index contributed by atoms with van der Waals surface area (Å²) in [5, 5.41) is 0. The number of nitrogens with zero attached hydrogens (tertiary/aromatic N) is 1. The van der Waals surface area contributed by atoms with E-state index in [0.29, 0.717) is 24.2 Å². The Labute approximate surface area is 217 Å². The van der Waals surface area contributed by atoms with Crippen molar-refractivity contribution in [3.05, 3.63) is 101 Å². The van der Waals surface area contributed by atoms with Gasteiger partial charge in [0.25, 0.3) is 0 Å². The number of carbonyl (C=O) groups excluding carboxylic acids is 2. The molecule has 0 bridgehead atoms. The van der Waals surface area contributed by atoms with Gasteiger partial charge in [-0.25, -0.2) is 4.79 Å². The first kappa shape index (κ1) is 25.9. The number of benzene rings is 3. The second-order valence-corrected chi connectivity index (χ2v) is 9.68. The highest BCUT2D eigenvalue weighted by Gasteiger charge is 2.43. The van der Waals surface area contributed by atoms with E-state index < -0.39 is 5.41 Å². The largest absolute Gasteiger partial charge is 0.457 e. The standard InChI is InChI=1S/C30H33N3O4/c1-21-7-9-22(10-8-21)19-36-27(34)25-13-11-23(12-14-25)24-15-17-30(18-16-24,20-33-29(31)32)28(35)37-26-5-3-2-4-6-26/h2-14,24H,15-20H2,1H3,(H4,31,32,33). The van der Waals surface area contributed by atoms with Crippen LogP contribution in [0.15, 0.2) is 83.9 Å². The van der Waals surface area contributed by atoms with Crippen molar-refractivity contribution < 1.29 is 19.1 Å². The summed E-state index contributed by atoms with van der Waals surface area (Å²) in [7, 11) is 0. The molecule has 7 nitrogen and oxygen atoms in total. The van der Waals surface area contributed by atoms with Gasteiger partial charge in [-0.3, -0.25) is 9.79 Å². The first-order chi connectivity index (χ1) is 17.8. The summed E-state index contributed by atoms with van der Waals surface area (Å²) in [6.07, 6.45) is 2.75. The second kappa shape index (κ2) is 11.7. The highest BCUT2D eigenvalue weighted by molar-refractivity contribution is 5.89. The molecule has 0 unspecified atom stereocenters. The molecule has 4 rings (SSSR count). The van der Waals surface area contributed by atoms with Crippen molar-refractivity contribution in [2.45, 2.75) is 45.1 Å². The number of carbonyl (C=O) groups is 2. The lowest BCUT2D eigenvalue weighted by Crippen LogP contribution is -2.41. The zero-order chi connectivity index (χ0) is 26.3. The Bertz CT molecular complexity index is 1230. The summed E-state index contributed by atoms with van der Waals surface area (Å²) in [5.74, 6) is 0.0568. The van der Waals surface area contributed by atoms with Gasteiger partial charge >= 0.3 is 11.9 Å². The predicted octanol–water partition coefficient (Wildman–Crippen LogP) is 4.88. The maximum Gasteiger partial charge on any atom is 0.338 e. The number of aryl methyl sites for hydroxylation is 1.